The van der Waals surface area contributed by atoms with E-state index < -0.39 is 0 Å². The van der Waals surface area contributed by atoms with Crippen LogP contribution in [0.3, 0.4) is 0 Å². The van der Waals surface area contributed by atoms with Gasteiger partial charge in [-0.25, -0.2) is 0 Å². The Kier molecular flexibility index (Phi) is 6.04. The van der Waals surface area contributed by atoms with Gasteiger partial charge in [0.2, 0.25) is 0 Å². The van der Waals surface area contributed by atoms with Gasteiger partial charge in [0.25, 0.3) is 0 Å². The van der Waals surface area contributed by atoms with Crippen molar-refractivity contribution < 1.29 is 0 Å². The molecule has 0 bridgehead atoms. The molecule has 0 spiro atoms. The van der Waals surface area contributed by atoms with Crippen molar-refractivity contribution >= 4 is 0 Å². The van der Waals surface area contributed by atoms with Crippen molar-refractivity contribution in [2.45, 2.75) is 12.8 Å². The predicted octanol–water partition coefficient (Wildman–Crippen LogP) is 1.43. The summed E-state index contributed by atoms with van der Waals surface area (Å²) in [5.41, 5.74) is 1.43. The Bertz CT molecular complexity index is 221. The van der Waals surface area contributed by atoms with Gasteiger partial charge in [-0.15, -0.1) is 0 Å². The van der Waals surface area contributed by atoms with Crippen LogP contribution >= 0.6 is 0 Å². The minimum Gasteiger partial charge on any atom is -0.318 e. The average Bonchev–Trinajstić information content (AvgIpc) is 2.25. The molecule has 14 heavy (non-hydrogen) atoms. The van der Waals surface area contributed by atoms with Crippen LogP contribution in [0, 0.1) is 0 Å². The van der Waals surface area contributed by atoms with Crippen LogP contribution in [0.5, 0.6) is 0 Å². The first-order valence-electron chi connectivity index (χ1n) is 5.32. The molecular formula is C12H20N2. The lowest BCUT2D eigenvalue weighted by Crippen LogP contribution is -2.25. The van der Waals surface area contributed by atoms with Gasteiger partial charge in [0, 0.05) is 13.1 Å². The van der Waals surface area contributed by atoms with E-state index in [1.54, 1.807) is 0 Å². The van der Waals surface area contributed by atoms with Crippen LogP contribution in [0.2, 0.25) is 0 Å². The molecule has 2 N–H and O–H groups in total. The first-order valence-corrected chi connectivity index (χ1v) is 5.32. The van der Waals surface area contributed by atoms with Gasteiger partial charge in [0.15, 0.2) is 0 Å². The maximum absolute atomic E-state index is 3.39. The summed E-state index contributed by atoms with van der Waals surface area (Å²) in [5.74, 6) is 0. The van der Waals surface area contributed by atoms with Crippen LogP contribution in [-0.2, 0) is 6.42 Å². The van der Waals surface area contributed by atoms with Crippen LogP contribution in [0.15, 0.2) is 30.3 Å². The molecule has 78 valence electrons. The molecule has 0 radical (unpaired) electrons. The lowest BCUT2D eigenvalue weighted by molar-refractivity contribution is 0.625. The fourth-order valence-electron chi connectivity index (χ4n) is 1.40. The van der Waals surface area contributed by atoms with Crippen LogP contribution in [-0.4, -0.2) is 26.7 Å². The lowest BCUT2D eigenvalue weighted by atomic mass is 10.1. The van der Waals surface area contributed by atoms with Gasteiger partial charge < -0.3 is 10.6 Å². The van der Waals surface area contributed by atoms with E-state index in [-0.39, 0.29) is 0 Å². The van der Waals surface area contributed by atoms with Crippen LogP contribution in [0.4, 0.5) is 0 Å². The van der Waals surface area contributed by atoms with Crippen molar-refractivity contribution in [3.8, 4) is 0 Å². The minimum atomic E-state index is 1.05. The molecule has 0 aliphatic rings. The summed E-state index contributed by atoms with van der Waals surface area (Å²) in [4.78, 5) is 0. The Hall–Kier alpha value is -0.860. The van der Waals surface area contributed by atoms with E-state index in [9.17, 15) is 0 Å². The highest BCUT2D eigenvalue weighted by Crippen LogP contribution is 2.00. The molecular weight excluding hydrogens is 172 g/mol. The summed E-state index contributed by atoms with van der Waals surface area (Å²) in [6.45, 7) is 3.22. The molecule has 0 fully saturated rings. The number of rotatable bonds is 7. The normalized spacial score (nSPS) is 10.4. The Morgan fingerprint density at radius 1 is 1.00 bits per heavy atom. The van der Waals surface area contributed by atoms with Gasteiger partial charge in [-0.1, -0.05) is 30.3 Å². The van der Waals surface area contributed by atoms with Crippen LogP contribution in [0.1, 0.15) is 12.0 Å². The van der Waals surface area contributed by atoms with Crippen molar-refractivity contribution in [2.24, 2.45) is 0 Å². The monoisotopic (exact) mass is 192 g/mol. The maximum atomic E-state index is 3.39. The van der Waals surface area contributed by atoms with Gasteiger partial charge in [-0.05, 0) is 32.0 Å². The molecule has 0 heterocycles. The summed E-state index contributed by atoms with van der Waals surface area (Å²) in [6, 6.07) is 10.6. The maximum Gasteiger partial charge on any atom is 0.00766 e. The zero-order valence-corrected chi connectivity index (χ0v) is 8.92. The van der Waals surface area contributed by atoms with Crippen molar-refractivity contribution in [1.82, 2.24) is 10.6 Å². The van der Waals surface area contributed by atoms with Gasteiger partial charge in [-0.2, -0.15) is 0 Å². The highest BCUT2D eigenvalue weighted by Gasteiger charge is 1.91. The number of aryl methyl sites for hydroxylation is 1. The molecule has 2 nitrogen and oxygen atoms in total. The minimum absolute atomic E-state index is 1.05. The number of hydrogen-bond donors (Lipinski definition) is 2. The van der Waals surface area contributed by atoms with Gasteiger partial charge >= 0.3 is 0 Å². The standard InChI is InChI=1S/C12H20N2/c1-13-10-11-14-9-5-8-12-6-3-2-4-7-12/h2-4,6-7,13-14H,5,8-11H2,1H3. The van der Waals surface area contributed by atoms with Crippen molar-refractivity contribution in [3.05, 3.63) is 35.9 Å². The molecule has 2 heteroatoms. The van der Waals surface area contributed by atoms with Gasteiger partial charge in [0.05, 0.1) is 0 Å². The zero-order chi connectivity index (χ0) is 10.1. The van der Waals surface area contributed by atoms with E-state index in [4.69, 9.17) is 0 Å². The summed E-state index contributed by atoms with van der Waals surface area (Å²) in [6.07, 6.45) is 2.39. The Morgan fingerprint density at radius 2 is 1.79 bits per heavy atom. The smallest absolute Gasteiger partial charge is 0.00766 e. The number of likely N-dealkylation sites (N-methyl/N-ethyl adjacent to an activating group) is 1. The summed E-state index contributed by atoms with van der Waals surface area (Å²) in [7, 11) is 1.98. The molecule has 0 unspecified atom stereocenters. The predicted molar refractivity (Wildman–Crippen MR) is 61.6 cm³/mol. The van der Waals surface area contributed by atoms with Crippen LogP contribution < -0.4 is 10.6 Å². The van der Waals surface area contributed by atoms with E-state index in [0.717, 1.165) is 19.6 Å². The summed E-state index contributed by atoms with van der Waals surface area (Å²) < 4.78 is 0. The number of nitrogens with one attached hydrogen (secondary N) is 2. The molecule has 0 saturated carbocycles. The Morgan fingerprint density at radius 3 is 2.50 bits per heavy atom. The second-order valence-corrected chi connectivity index (χ2v) is 3.44. The number of hydrogen-bond acceptors (Lipinski definition) is 2. The SMILES string of the molecule is CNCCNCCCc1ccccc1. The third kappa shape index (κ3) is 5.00. The average molecular weight is 192 g/mol. The van der Waals surface area contributed by atoms with Crippen molar-refractivity contribution in [3.63, 3.8) is 0 Å². The second-order valence-electron chi connectivity index (χ2n) is 3.44. The number of benzene rings is 1. The van der Waals surface area contributed by atoms with Gasteiger partial charge in [0.1, 0.15) is 0 Å². The fraction of sp³-hybridized carbons (Fsp3) is 0.500. The fourth-order valence-corrected chi connectivity index (χ4v) is 1.40. The third-order valence-electron chi connectivity index (χ3n) is 2.21. The van der Waals surface area contributed by atoms with E-state index in [1.807, 2.05) is 7.05 Å². The van der Waals surface area contributed by atoms with Crippen LogP contribution in [0.25, 0.3) is 0 Å². The largest absolute Gasteiger partial charge is 0.318 e. The molecule has 1 aromatic rings. The highest BCUT2D eigenvalue weighted by molar-refractivity contribution is 5.14. The zero-order valence-electron chi connectivity index (χ0n) is 8.92. The van der Waals surface area contributed by atoms with Crippen molar-refractivity contribution in [1.29, 1.82) is 0 Å². The summed E-state index contributed by atoms with van der Waals surface area (Å²) in [5, 5.41) is 6.51. The van der Waals surface area contributed by atoms with E-state index in [0.29, 0.717) is 0 Å². The molecule has 0 saturated heterocycles. The summed E-state index contributed by atoms with van der Waals surface area (Å²) >= 11 is 0. The van der Waals surface area contributed by atoms with E-state index in [1.165, 1.54) is 18.4 Å². The molecule has 0 amide bonds. The molecule has 0 aliphatic carbocycles. The Balaban J connectivity index is 1.99. The van der Waals surface area contributed by atoms with Crippen molar-refractivity contribution in [2.75, 3.05) is 26.7 Å². The molecule has 1 rings (SSSR count). The van der Waals surface area contributed by atoms with E-state index in [2.05, 4.69) is 41.0 Å². The molecule has 1 aromatic carbocycles. The lowest BCUT2D eigenvalue weighted by Gasteiger charge is -2.04. The van der Waals surface area contributed by atoms with Gasteiger partial charge in [-0.3, -0.25) is 0 Å². The Labute approximate surface area is 86.7 Å². The first kappa shape index (κ1) is 11.2. The molecule has 0 aromatic heterocycles. The second kappa shape index (κ2) is 7.54. The highest BCUT2D eigenvalue weighted by atomic mass is 14.9. The van der Waals surface area contributed by atoms with E-state index >= 15 is 0 Å². The first-order chi connectivity index (χ1) is 6.93. The molecule has 0 aliphatic heterocycles. The third-order valence-corrected chi connectivity index (χ3v) is 2.21. The topological polar surface area (TPSA) is 24.1 Å². The quantitative estimate of drug-likeness (QED) is 0.639. The molecule has 0 atom stereocenters.